The van der Waals surface area contributed by atoms with Gasteiger partial charge in [-0.15, -0.1) is 0 Å². The van der Waals surface area contributed by atoms with Crippen LogP contribution in [0.25, 0.3) is 6.08 Å². The Morgan fingerprint density at radius 1 is 1.00 bits per heavy atom. The van der Waals surface area contributed by atoms with Crippen LogP contribution in [-0.4, -0.2) is 60.2 Å². The minimum Gasteiger partial charge on any atom is -0.496 e. The summed E-state index contributed by atoms with van der Waals surface area (Å²) in [6.45, 7) is 0. The van der Waals surface area contributed by atoms with E-state index in [0.717, 1.165) is 11.5 Å². The van der Waals surface area contributed by atoms with Gasteiger partial charge in [0.1, 0.15) is 23.0 Å². The third-order valence-electron chi connectivity index (χ3n) is 4.70. The van der Waals surface area contributed by atoms with E-state index in [9.17, 15) is 26.4 Å². The first-order valence-electron chi connectivity index (χ1n) is 9.79. The number of ether oxygens (including phenoxy) is 4. The molecule has 2 rings (SSSR count). The number of carboxylic acid groups (broad SMARTS) is 1. The standard InChI is InChI=1S/C22H24F3NO8S/c1-31-14-10-18(33-3)15(19(11-14)34-4)7-8-35(29,30)12-13-5-6-17(32-2)16(9-13)26-20(21(27)28)22(23,24)25/h5-11,20,26H,12H2,1-4H3,(H,27,28)/b8-7+. The molecule has 0 spiro atoms. The largest absolute Gasteiger partial charge is 0.496 e. The summed E-state index contributed by atoms with van der Waals surface area (Å²) in [5.41, 5.74) is 0.0938. The second-order valence-corrected chi connectivity index (χ2v) is 8.93. The fourth-order valence-electron chi connectivity index (χ4n) is 3.05. The van der Waals surface area contributed by atoms with Crippen LogP contribution in [0.5, 0.6) is 23.0 Å². The lowest BCUT2D eigenvalue weighted by Gasteiger charge is -2.20. The number of sulfone groups is 1. The number of carbonyl (C=O) groups is 1. The average Bonchev–Trinajstić information content (AvgIpc) is 2.79. The zero-order valence-electron chi connectivity index (χ0n) is 19.2. The molecule has 2 aromatic rings. The van der Waals surface area contributed by atoms with Crippen molar-refractivity contribution in [3.05, 3.63) is 46.9 Å². The third-order valence-corrected chi connectivity index (χ3v) is 5.99. The molecule has 0 saturated heterocycles. The Morgan fingerprint density at radius 3 is 2.03 bits per heavy atom. The quantitative estimate of drug-likeness (QED) is 0.457. The molecule has 0 saturated carbocycles. The highest BCUT2D eigenvalue weighted by Crippen LogP contribution is 2.35. The van der Waals surface area contributed by atoms with Crippen LogP contribution in [0, 0.1) is 0 Å². The number of aliphatic carboxylic acids is 1. The maximum absolute atomic E-state index is 13.1. The number of halogens is 3. The Morgan fingerprint density at radius 2 is 1.57 bits per heavy atom. The van der Waals surface area contributed by atoms with Crippen LogP contribution in [0.2, 0.25) is 0 Å². The SMILES string of the molecule is COc1cc(OC)c(/C=C/S(=O)(=O)Cc2ccc(OC)c(NC(C(=O)O)C(F)(F)F)c2)c(OC)c1. The molecular formula is C22H24F3NO8S. The molecule has 0 fully saturated rings. The van der Waals surface area contributed by atoms with E-state index in [-0.39, 0.29) is 28.5 Å². The molecule has 1 atom stereocenters. The van der Waals surface area contributed by atoms with Crippen molar-refractivity contribution in [3.8, 4) is 23.0 Å². The molecule has 0 radical (unpaired) electrons. The molecule has 1 unspecified atom stereocenters. The topological polar surface area (TPSA) is 120 Å². The highest BCUT2D eigenvalue weighted by Gasteiger charge is 2.45. The normalized spacial score (nSPS) is 12.8. The van der Waals surface area contributed by atoms with E-state index in [4.69, 9.17) is 24.1 Å². The summed E-state index contributed by atoms with van der Waals surface area (Å²) in [4.78, 5) is 11.1. The van der Waals surface area contributed by atoms with E-state index in [0.29, 0.717) is 11.3 Å². The first kappa shape index (κ1) is 27.6. The van der Waals surface area contributed by atoms with Gasteiger partial charge in [0.15, 0.2) is 9.84 Å². The summed E-state index contributed by atoms with van der Waals surface area (Å²) < 4.78 is 85.4. The van der Waals surface area contributed by atoms with Gasteiger partial charge in [0.2, 0.25) is 6.04 Å². The Balaban J connectivity index is 2.37. The van der Waals surface area contributed by atoms with Crippen LogP contribution in [0.1, 0.15) is 11.1 Å². The number of rotatable bonds is 11. The monoisotopic (exact) mass is 519 g/mol. The van der Waals surface area contributed by atoms with Gasteiger partial charge in [0.25, 0.3) is 0 Å². The van der Waals surface area contributed by atoms with Crippen molar-refractivity contribution in [2.24, 2.45) is 0 Å². The molecule has 2 aromatic carbocycles. The van der Waals surface area contributed by atoms with Gasteiger partial charge in [-0.25, -0.2) is 13.2 Å². The molecule has 0 bridgehead atoms. The molecule has 0 aliphatic carbocycles. The second-order valence-electron chi connectivity index (χ2n) is 7.05. The van der Waals surface area contributed by atoms with Crippen molar-refractivity contribution in [2.45, 2.75) is 18.0 Å². The molecule has 0 heterocycles. The predicted molar refractivity (Wildman–Crippen MR) is 122 cm³/mol. The van der Waals surface area contributed by atoms with E-state index < -0.39 is 33.8 Å². The number of benzene rings is 2. The lowest BCUT2D eigenvalue weighted by Crippen LogP contribution is -2.43. The van der Waals surface area contributed by atoms with Gasteiger partial charge in [0.05, 0.1) is 45.4 Å². The highest BCUT2D eigenvalue weighted by molar-refractivity contribution is 7.93. The Kier molecular flexibility index (Phi) is 8.85. The first-order chi connectivity index (χ1) is 16.3. The Labute approximate surface area is 200 Å². The number of methoxy groups -OCH3 is 4. The Bertz CT molecular complexity index is 1170. The summed E-state index contributed by atoms with van der Waals surface area (Å²) in [6.07, 6.45) is -3.84. The summed E-state index contributed by atoms with van der Waals surface area (Å²) in [7, 11) is 1.46. The van der Waals surface area contributed by atoms with Crippen LogP contribution < -0.4 is 24.3 Å². The van der Waals surface area contributed by atoms with E-state index in [1.165, 1.54) is 58.8 Å². The fourth-order valence-corrected chi connectivity index (χ4v) is 4.13. The zero-order chi connectivity index (χ0) is 26.4. The molecule has 35 heavy (non-hydrogen) atoms. The fraction of sp³-hybridized carbons (Fsp3) is 0.318. The Hall–Kier alpha value is -3.61. The molecule has 0 aliphatic rings. The van der Waals surface area contributed by atoms with Crippen LogP contribution in [0.15, 0.2) is 35.7 Å². The number of anilines is 1. The first-order valence-corrected chi connectivity index (χ1v) is 11.5. The van der Waals surface area contributed by atoms with Crippen molar-refractivity contribution in [1.82, 2.24) is 0 Å². The van der Waals surface area contributed by atoms with Crippen LogP contribution in [0.4, 0.5) is 18.9 Å². The van der Waals surface area contributed by atoms with Gasteiger partial charge in [-0.05, 0) is 23.8 Å². The number of alkyl halides is 3. The van der Waals surface area contributed by atoms with Gasteiger partial charge < -0.3 is 29.4 Å². The summed E-state index contributed by atoms with van der Waals surface area (Å²) in [5.74, 6) is -1.83. The molecule has 0 aliphatic heterocycles. The molecule has 0 aromatic heterocycles. The maximum atomic E-state index is 13.1. The van der Waals surface area contributed by atoms with E-state index in [1.54, 1.807) is 0 Å². The average molecular weight is 519 g/mol. The van der Waals surface area contributed by atoms with Gasteiger partial charge in [0, 0.05) is 17.5 Å². The lowest BCUT2D eigenvalue weighted by molar-refractivity contribution is -0.171. The molecule has 2 N–H and O–H groups in total. The third kappa shape index (κ3) is 7.18. The summed E-state index contributed by atoms with van der Waals surface area (Å²) in [5, 5.41) is 11.7. The van der Waals surface area contributed by atoms with Crippen molar-refractivity contribution >= 4 is 27.6 Å². The zero-order valence-corrected chi connectivity index (χ0v) is 20.0. The highest BCUT2D eigenvalue weighted by atomic mass is 32.2. The maximum Gasteiger partial charge on any atom is 0.419 e. The number of hydrogen-bond acceptors (Lipinski definition) is 8. The van der Waals surface area contributed by atoms with Crippen molar-refractivity contribution in [3.63, 3.8) is 0 Å². The van der Waals surface area contributed by atoms with Crippen LogP contribution in [0.3, 0.4) is 0 Å². The number of nitrogens with one attached hydrogen (secondary N) is 1. The molecule has 192 valence electrons. The molecule has 13 heteroatoms. The van der Waals surface area contributed by atoms with E-state index in [2.05, 4.69) is 0 Å². The summed E-state index contributed by atoms with van der Waals surface area (Å²) in [6, 6.07) is 3.82. The number of hydrogen-bond donors (Lipinski definition) is 2. The second kappa shape index (κ2) is 11.2. The lowest BCUT2D eigenvalue weighted by atomic mass is 10.1. The number of carboxylic acids is 1. The van der Waals surface area contributed by atoms with E-state index >= 15 is 0 Å². The van der Waals surface area contributed by atoms with Gasteiger partial charge in [-0.1, -0.05) is 6.07 Å². The van der Waals surface area contributed by atoms with Crippen molar-refractivity contribution < 1.29 is 50.4 Å². The molecule has 9 nitrogen and oxygen atoms in total. The van der Waals surface area contributed by atoms with Crippen LogP contribution >= 0.6 is 0 Å². The van der Waals surface area contributed by atoms with Gasteiger partial charge in [-0.2, -0.15) is 13.2 Å². The molecular weight excluding hydrogens is 495 g/mol. The van der Waals surface area contributed by atoms with Crippen molar-refractivity contribution in [1.29, 1.82) is 0 Å². The summed E-state index contributed by atoms with van der Waals surface area (Å²) >= 11 is 0. The van der Waals surface area contributed by atoms with Gasteiger partial charge >= 0.3 is 12.1 Å². The van der Waals surface area contributed by atoms with Crippen LogP contribution in [-0.2, 0) is 20.4 Å². The van der Waals surface area contributed by atoms with Gasteiger partial charge in [-0.3, -0.25) is 0 Å². The van der Waals surface area contributed by atoms with E-state index in [1.807, 2.05) is 5.32 Å². The smallest absolute Gasteiger partial charge is 0.419 e. The minimum atomic E-state index is -5.10. The predicted octanol–water partition coefficient (Wildman–Crippen LogP) is 3.73. The molecule has 0 amide bonds. The van der Waals surface area contributed by atoms with Crippen molar-refractivity contribution in [2.75, 3.05) is 33.8 Å². The minimum absolute atomic E-state index is 0.0927.